The summed E-state index contributed by atoms with van der Waals surface area (Å²) in [6, 6.07) is 3.09. The summed E-state index contributed by atoms with van der Waals surface area (Å²) in [6.07, 6.45) is 1.30. The van der Waals surface area contributed by atoms with Gasteiger partial charge >= 0.3 is 5.97 Å². The zero-order valence-electron chi connectivity index (χ0n) is 14.6. The lowest BCUT2D eigenvalue weighted by Crippen LogP contribution is -2.51. The zero-order valence-corrected chi connectivity index (χ0v) is 14.6. The molecule has 0 saturated carbocycles. The monoisotopic (exact) mass is 376 g/mol. The van der Waals surface area contributed by atoms with Gasteiger partial charge in [-0.15, -0.1) is 0 Å². The highest BCUT2D eigenvalue weighted by Crippen LogP contribution is 2.35. The molecular weight excluding hydrogens is 356 g/mol. The Labute approximate surface area is 155 Å². The van der Waals surface area contributed by atoms with Crippen molar-refractivity contribution in [3.63, 3.8) is 0 Å². The molecule has 1 aromatic rings. The molecule has 9 nitrogen and oxygen atoms in total. The molecule has 2 amide bonds. The SMILES string of the molecule is O=C(O)c1cc(N2C(=O)CC(N3CCC4(CC3)OCCO4)C2=O)ccc1O. The van der Waals surface area contributed by atoms with E-state index in [1.165, 1.54) is 12.1 Å². The van der Waals surface area contributed by atoms with Gasteiger partial charge in [0.05, 0.1) is 31.4 Å². The number of hydrogen-bond acceptors (Lipinski definition) is 7. The topological polar surface area (TPSA) is 117 Å². The molecule has 0 aromatic heterocycles. The van der Waals surface area contributed by atoms with E-state index in [1.807, 2.05) is 4.90 Å². The Hall–Kier alpha value is -2.49. The fourth-order valence-corrected chi connectivity index (χ4v) is 3.97. The molecule has 3 aliphatic heterocycles. The summed E-state index contributed by atoms with van der Waals surface area (Å²) < 4.78 is 11.4. The molecule has 3 aliphatic rings. The molecule has 27 heavy (non-hydrogen) atoms. The molecule has 1 unspecified atom stereocenters. The Bertz CT molecular complexity index is 793. The molecule has 3 saturated heterocycles. The Morgan fingerprint density at radius 1 is 1.15 bits per heavy atom. The number of amides is 2. The van der Waals surface area contributed by atoms with Gasteiger partial charge in [-0.1, -0.05) is 0 Å². The van der Waals surface area contributed by atoms with Gasteiger partial charge in [0.25, 0.3) is 5.91 Å². The lowest BCUT2D eigenvalue weighted by molar-refractivity contribution is -0.188. The van der Waals surface area contributed by atoms with Crippen molar-refractivity contribution >= 4 is 23.5 Å². The van der Waals surface area contributed by atoms with Gasteiger partial charge in [-0.3, -0.25) is 14.5 Å². The molecule has 4 rings (SSSR count). The fraction of sp³-hybridized carbons (Fsp3) is 0.500. The quantitative estimate of drug-likeness (QED) is 0.735. The maximum absolute atomic E-state index is 12.9. The van der Waals surface area contributed by atoms with E-state index in [0.717, 1.165) is 11.0 Å². The number of ether oxygens (including phenoxy) is 2. The third-order valence-electron chi connectivity index (χ3n) is 5.41. The van der Waals surface area contributed by atoms with Crippen molar-refractivity contribution in [1.29, 1.82) is 0 Å². The van der Waals surface area contributed by atoms with Gasteiger partial charge < -0.3 is 19.7 Å². The number of rotatable bonds is 3. The van der Waals surface area contributed by atoms with E-state index in [-0.39, 0.29) is 29.5 Å². The minimum absolute atomic E-state index is 0.0385. The van der Waals surface area contributed by atoms with Gasteiger partial charge in [-0.05, 0) is 18.2 Å². The number of carboxylic acid groups (broad SMARTS) is 1. The third kappa shape index (κ3) is 3.07. The summed E-state index contributed by atoms with van der Waals surface area (Å²) in [7, 11) is 0. The van der Waals surface area contributed by atoms with Crippen LogP contribution in [0.3, 0.4) is 0 Å². The fourth-order valence-electron chi connectivity index (χ4n) is 3.97. The van der Waals surface area contributed by atoms with E-state index >= 15 is 0 Å². The number of hydrogen-bond donors (Lipinski definition) is 2. The number of imide groups is 1. The van der Waals surface area contributed by atoms with Crippen molar-refractivity contribution < 1.29 is 34.1 Å². The average molecular weight is 376 g/mol. The molecule has 1 atom stereocenters. The van der Waals surface area contributed by atoms with Gasteiger partial charge in [0.2, 0.25) is 5.91 Å². The molecule has 0 bridgehead atoms. The van der Waals surface area contributed by atoms with Crippen LogP contribution >= 0.6 is 0 Å². The molecule has 0 radical (unpaired) electrons. The number of aromatic carboxylic acids is 1. The molecule has 9 heteroatoms. The standard InChI is InChI=1S/C18H20N2O7/c21-14-2-1-11(9-12(14)17(24)25)20-15(22)10-13(16(20)23)19-5-3-18(4-6-19)26-7-8-27-18/h1-2,9,13,21H,3-8,10H2,(H,24,25). The van der Waals surface area contributed by atoms with Crippen molar-refractivity contribution in [2.75, 3.05) is 31.2 Å². The van der Waals surface area contributed by atoms with E-state index in [2.05, 4.69) is 0 Å². The summed E-state index contributed by atoms with van der Waals surface area (Å²) >= 11 is 0. The van der Waals surface area contributed by atoms with Crippen LogP contribution in [0.15, 0.2) is 18.2 Å². The predicted octanol–water partition coefficient (Wildman–Crippen LogP) is 0.561. The first kappa shape index (κ1) is 17.9. The van der Waals surface area contributed by atoms with Crippen LogP contribution in [0.5, 0.6) is 5.75 Å². The van der Waals surface area contributed by atoms with E-state index in [4.69, 9.17) is 14.6 Å². The van der Waals surface area contributed by atoms with Crippen molar-refractivity contribution in [2.24, 2.45) is 0 Å². The molecular formula is C18H20N2O7. The van der Waals surface area contributed by atoms with E-state index in [1.54, 1.807) is 0 Å². The smallest absolute Gasteiger partial charge is 0.339 e. The lowest BCUT2D eigenvalue weighted by Gasteiger charge is -2.39. The summed E-state index contributed by atoms with van der Waals surface area (Å²) in [4.78, 5) is 39.5. The van der Waals surface area contributed by atoms with Crippen LogP contribution in [0.25, 0.3) is 0 Å². The van der Waals surface area contributed by atoms with Crippen molar-refractivity contribution in [2.45, 2.75) is 31.1 Å². The van der Waals surface area contributed by atoms with Crippen LogP contribution in [0.2, 0.25) is 0 Å². The molecule has 0 aliphatic carbocycles. The van der Waals surface area contributed by atoms with Gasteiger partial charge in [0.1, 0.15) is 11.3 Å². The summed E-state index contributed by atoms with van der Waals surface area (Å²) in [5.41, 5.74) is -0.203. The highest BCUT2D eigenvalue weighted by molar-refractivity contribution is 6.22. The molecule has 1 spiro atoms. The minimum atomic E-state index is -1.33. The van der Waals surface area contributed by atoms with E-state index < -0.39 is 23.5 Å². The van der Waals surface area contributed by atoms with Crippen LogP contribution in [0.1, 0.15) is 29.6 Å². The molecule has 1 aromatic carbocycles. The summed E-state index contributed by atoms with van der Waals surface area (Å²) in [5, 5.41) is 18.8. The Balaban J connectivity index is 1.51. The van der Waals surface area contributed by atoms with E-state index in [0.29, 0.717) is 39.1 Å². The molecule has 144 valence electrons. The van der Waals surface area contributed by atoms with Crippen LogP contribution in [-0.2, 0) is 19.1 Å². The second-order valence-corrected chi connectivity index (χ2v) is 6.94. The molecule has 3 heterocycles. The number of carbonyl (C=O) groups is 3. The van der Waals surface area contributed by atoms with Gasteiger partial charge in [0.15, 0.2) is 5.79 Å². The molecule has 2 N–H and O–H groups in total. The van der Waals surface area contributed by atoms with Gasteiger partial charge in [-0.2, -0.15) is 0 Å². The number of nitrogens with zero attached hydrogens (tertiary/aromatic N) is 2. The Morgan fingerprint density at radius 3 is 2.44 bits per heavy atom. The number of carbonyl (C=O) groups excluding carboxylic acids is 2. The number of anilines is 1. The highest BCUT2D eigenvalue weighted by Gasteiger charge is 2.47. The maximum atomic E-state index is 12.9. The third-order valence-corrected chi connectivity index (χ3v) is 5.41. The zero-order chi connectivity index (χ0) is 19.2. The van der Waals surface area contributed by atoms with Gasteiger partial charge in [-0.25, -0.2) is 9.69 Å². The number of aromatic hydroxyl groups is 1. The second kappa shape index (κ2) is 6.59. The Morgan fingerprint density at radius 2 is 1.81 bits per heavy atom. The number of likely N-dealkylation sites (tertiary alicyclic amines) is 1. The highest BCUT2D eigenvalue weighted by atomic mass is 16.7. The van der Waals surface area contributed by atoms with Crippen molar-refractivity contribution in [1.82, 2.24) is 4.90 Å². The normalized spacial score (nSPS) is 25.5. The summed E-state index contributed by atoms with van der Waals surface area (Å²) in [5.74, 6) is -3.08. The maximum Gasteiger partial charge on any atom is 0.339 e. The van der Waals surface area contributed by atoms with Crippen molar-refractivity contribution in [3.05, 3.63) is 23.8 Å². The number of piperidine rings is 1. The predicted molar refractivity (Wildman–Crippen MR) is 91.4 cm³/mol. The summed E-state index contributed by atoms with van der Waals surface area (Å²) in [6.45, 7) is 2.30. The van der Waals surface area contributed by atoms with Crippen LogP contribution in [-0.4, -0.2) is 71.0 Å². The Kier molecular flexibility index (Phi) is 4.37. The van der Waals surface area contributed by atoms with E-state index in [9.17, 15) is 19.5 Å². The number of benzene rings is 1. The number of phenols is 1. The first-order valence-corrected chi connectivity index (χ1v) is 8.85. The first-order chi connectivity index (χ1) is 12.9. The largest absolute Gasteiger partial charge is 0.507 e. The average Bonchev–Trinajstić information content (AvgIpc) is 3.21. The van der Waals surface area contributed by atoms with Gasteiger partial charge in [0, 0.05) is 25.9 Å². The lowest BCUT2D eigenvalue weighted by atomic mass is 10.0. The second-order valence-electron chi connectivity index (χ2n) is 6.94. The first-order valence-electron chi connectivity index (χ1n) is 8.85. The molecule has 3 fully saturated rings. The van der Waals surface area contributed by atoms with Crippen molar-refractivity contribution in [3.8, 4) is 5.75 Å². The van der Waals surface area contributed by atoms with Crippen LogP contribution < -0.4 is 4.90 Å². The number of carboxylic acids is 1. The van der Waals surface area contributed by atoms with Crippen LogP contribution in [0, 0.1) is 0 Å². The van der Waals surface area contributed by atoms with Crippen LogP contribution in [0.4, 0.5) is 5.69 Å². The minimum Gasteiger partial charge on any atom is -0.507 e.